The van der Waals surface area contributed by atoms with Gasteiger partial charge in [-0.15, -0.1) is 0 Å². The van der Waals surface area contributed by atoms with E-state index in [4.69, 9.17) is 45.3 Å². The Morgan fingerprint density at radius 3 is 2.35 bits per heavy atom. The van der Waals surface area contributed by atoms with Crippen LogP contribution in [-0.2, 0) is 11.4 Å². The van der Waals surface area contributed by atoms with Crippen molar-refractivity contribution in [3.8, 4) is 11.8 Å². The minimum absolute atomic E-state index is 0.0131. The zero-order chi connectivity index (χ0) is 28.7. The molecule has 0 spiro atoms. The average Bonchev–Trinajstić information content (AvgIpc) is 2.88. The standard InChI is InChI=1S/C32H28Cl3N3O2/c1-17-9-18(2)25(11-20(17)16-40-29-8-7-21(33)10-19(29)3)30-26(15-36)32(37)38(24-13-22(34)12-23(35)14-24)27-5-4-6-28(39)31(27)30/h7-14,30H,4-6,16,37H2,1-3H3. The van der Waals surface area contributed by atoms with Crippen molar-refractivity contribution in [2.24, 2.45) is 5.73 Å². The van der Waals surface area contributed by atoms with E-state index in [0.717, 1.165) is 39.3 Å². The summed E-state index contributed by atoms with van der Waals surface area (Å²) >= 11 is 18.8. The Hall–Kier alpha value is -3.43. The van der Waals surface area contributed by atoms with E-state index in [1.165, 1.54) is 0 Å². The van der Waals surface area contributed by atoms with E-state index in [0.29, 0.717) is 57.8 Å². The van der Waals surface area contributed by atoms with Gasteiger partial charge in [0.25, 0.3) is 0 Å². The first-order valence-corrected chi connectivity index (χ1v) is 14.1. The maximum Gasteiger partial charge on any atom is 0.161 e. The molecule has 0 fully saturated rings. The van der Waals surface area contributed by atoms with Gasteiger partial charge in [0.1, 0.15) is 18.2 Å². The quantitative estimate of drug-likeness (QED) is 0.321. The number of Topliss-reactive ketones (excluding diaryl/α,β-unsaturated/α-hetero) is 1. The summed E-state index contributed by atoms with van der Waals surface area (Å²) in [7, 11) is 0. The van der Waals surface area contributed by atoms with Gasteiger partial charge in [0.2, 0.25) is 0 Å². The molecule has 0 radical (unpaired) electrons. The van der Waals surface area contributed by atoms with Crippen molar-refractivity contribution in [2.45, 2.75) is 52.6 Å². The van der Waals surface area contributed by atoms with Crippen LogP contribution < -0.4 is 15.4 Å². The fraction of sp³-hybridized carbons (Fsp3) is 0.250. The Bertz CT molecular complexity index is 1630. The molecule has 5 rings (SSSR count). The number of nitrogens with two attached hydrogens (primary N) is 1. The summed E-state index contributed by atoms with van der Waals surface area (Å²) in [5.41, 5.74) is 13.9. The van der Waals surface area contributed by atoms with E-state index in [9.17, 15) is 10.1 Å². The van der Waals surface area contributed by atoms with Crippen molar-refractivity contribution < 1.29 is 9.53 Å². The molecule has 2 N–H and O–H groups in total. The third-order valence-corrected chi connectivity index (χ3v) is 8.25. The van der Waals surface area contributed by atoms with Crippen molar-refractivity contribution in [3.05, 3.63) is 114 Å². The minimum Gasteiger partial charge on any atom is -0.489 e. The van der Waals surface area contributed by atoms with E-state index in [-0.39, 0.29) is 11.6 Å². The van der Waals surface area contributed by atoms with Crippen LogP contribution in [0, 0.1) is 32.1 Å². The molecular weight excluding hydrogens is 565 g/mol. The summed E-state index contributed by atoms with van der Waals surface area (Å²) in [6, 6.07) is 17.1. The lowest BCUT2D eigenvalue weighted by molar-refractivity contribution is -0.116. The van der Waals surface area contributed by atoms with E-state index in [1.807, 2.05) is 39.0 Å². The zero-order valence-electron chi connectivity index (χ0n) is 22.4. The Balaban J connectivity index is 1.63. The summed E-state index contributed by atoms with van der Waals surface area (Å²) in [6.07, 6.45) is 1.74. The Kier molecular flexibility index (Phi) is 7.88. The highest BCUT2D eigenvalue weighted by Crippen LogP contribution is 2.48. The molecule has 0 amide bonds. The molecule has 2 aliphatic rings. The zero-order valence-corrected chi connectivity index (χ0v) is 24.7. The van der Waals surface area contributed by atoms with Crippen molar-refractivity contribution >= 4 is 46.3 Å². The lowest BCUT2D eigenvalue weighted by Gasteiger charge is -2.40. The molecule has 1 aliphatic carbocycles. The monoisotopic (exact) mass is 591 g/mol. The molecule has 1 aliphatic heterocycles. The van der Waals surface area contributed by atoms with Crippen molar-refractivity contribution in [2.75, 3.05) is 4.90 Å². The van der Waals surface area contributed by atoms with Crippen LogP contribution in [0.4, 0.5) is 5.69 Å². The number of rotatable bonds is 5. The molecule has 3 aromatic carbocycles. The van der Waals surface area contributed by atoms with E-state index >= 15 is 0 Å². The van der Waals surface area contributed by atoms with Crippen LogP contribution in [0.15, 0.2) is 71.2 Å². The van der Waals surface area contributed by atoms with Gasteiger partial charge in [0.05, 0.1) is 23.2 Å². The van der Waals surface area contributed by atoms with E-state index in [2.05, 4.69) is 12.1 Å². The molecule has 5 nitrogen and oxygen atoms in total. The molecule has 1 atom stereocenters. The first kappa shape index (κ1) is 28.1. The second kappa shape index (κ2) is 11.2. The predicted octanol–water partition coefficient (Wildman–Crippen LogP) is 8.46. The lowest BCUT2D eigenvalue weighted by Crippen LogP contribution is -2.39. The lowest BCUT2D eigenvalue weighted by atomic mass is 9.74. The third-order valence-electron chi connectivity index (χ3n) is 7.57. The SMILES string of the molecule is Cc1cc(C)c(C2C(C#N)=C(N)N(c3cc(Cl)cc(Cl)c3)C3=C2C(=O)CCC3)cc1COc1ccc(Cl)cc1C. The summed E-state index contributed by atoms with van der Waals surface area (Å²) in [5.74, 6) is 0.442. The van der Waals surface area contributed by atoms with Gasteiger partial charge < -0.3 is 10.5 Å². The van der Waals surface area contributed by atoms with Crippen LogP contribution in [0.25, 0.3) is 0 Å². The van der Waals surface area contributed by atoms with Crippen LogP contribution in [0.5, 0.6) is 5.75 Å². The van der Waals surface area contributed by atoms with E-state index in [1.54, 1.807) is 29.2 Å². The second-order valence-electron chi connectivity index (χ2n) is 10.3. The first-order chi connectivity index (χ1) is 19.1. The van der Waals surface area contributed by atoms with Gasteiger partial charge in [-0.2, -0.15) is 5.26 Å². The van der Waals surface area contributed by atoms with Gasteiger partial charge in [-0.3, -0.25) is 9.69 Å². The summed E-state index contributed by atoms with van der Waals surface area (Å²) < 4.78 is 6.17. The summed E-state index contributed by atoms with van der Waals surface area (Å²) in [6.45, 7) is 6.30. The average molecular weight is 593 g/mol. The highest BCUT2D eigenvalue weighted by atomic mass is 35.5. The van der Waals surface area contributed by atoms with E-state index < -0.39 is 5.92 Å². The third kappa shape index (κ3) is 5.20. The molecule has 0 saturated carbocycles. The molecule has 0 aromatic heterocycles. The molecule has 0 bridgehead atoms. The highest BCUT2D eigenvalue weighted by Gasteiger charge is 2.41. The number of ketones is 1. The number of aryl methyl sites for hydroxylation is 3. The molecule has 1 heterocycles. The number of hydrogen-bond donors (Lipinski definition) is 1. The number of hydrogen-bond acceptors (Lipinski definition) is 5. The number of carbonyl (C=O) groups excluding carboxylic acids is 1. The highest BCUT2D eigenvalue weighted by molar-refractivity contribution is 6.35. The maximum absolute atomic E-state index is 13.6. The van der Waals surface area contributed by atoms with Gasteiger partial charge in [-0.05, 0) is 97.8 Å². The predicted molar refractivity (Wildman–Crippen MR) is 161 cm³/mol. The largest absolute Gasteiger partial charge is 0.489 e. The summed E-state index contributed by atoms with van der Waals surface area (Å²) in [4.78, 5) is 15.4. The number of ether oxygens (including phenoxy) is 1. The number of benzene rings is 3. The number of nitriles is 1. The first-order valence-electron chi connectivity index (χ1n) is 13.0. The van der Waals surface area contributed by atoms with Crippen LogP contribution in [0.2, 0.25) is 15.1 Å². The normalized spacial score (nSPS) is 17.2. The molecule has 40 heavy (non-hydrogen) atoms. The summed E-state index contributed by atoms with van der Waals surface area (Å²) in [5, 5.41) is 12.0. The fourth-order valence-corrected chi connectivity index (χ4v) is 6.41. The number of allylic oxidation sites excluding steroid dienone is 3. The molecule has 3 aromatic rings. The number of halogens is 3. The second-order valence-corrected chi connectivity index (χ2v) is 11.6. The number of nitrogens with zero attached hydrogens (tertiary/aromatic N) is 2. The van der Waals surface area contributed by atoms with Gasteiger partial charge in [-0.1, -0.05) is 46.9 Å². The molecule has 204 valence electrons. The fourth-order valence-electron chi connectivity index (χ4n) is 5.67. The van der Waals surface area contributed by atoms with Crippen molar-refractivity contribution in [1.82, 2.24) is 0 Å². The Morgan fingerprint density at radius 1 is 0.950 bits per heavy atom. The Morgan fingerprint density at radius 2 is 1.68 bits per heavy atom. The van der Waals surface area contributed by atoms with Crippen LogP contribution in [-0.4, -0.2) is 5.78 Å². The van der Waals surface area contributed by atoms with Crippen LogP contribution >= 0.6 is 34.8 Å². The molecule has 1 unspecified atom stereocenters. The number of carbonyl (C=O) groups is 1. The number of anilines is 1. The minimum atomic E-state index is -0.588. The van der Waals surface area contributed by atoms with Gasteiger partial charge in [0.15, 0.2) is 5.78 Å². The topological polar surface area (TPSA) is 79.4 Å². The molecule has 0 saturated heterocycles. The van der Waals surface area contributed by atoms with Crippen molar-refractivity contribution in [3.63, 3.8) is 0 Å². The van der Waals surface area contributed by atoms with Gasteiger partial charge in [-0.25, -0.2) is 0 Å². The molecular formula is C32H28Cl3N3O2. The maximum atomic E-state index is 13.6. The molecule has 8 heteroatoms. The van der Waals surface area contributed by atoms with Gasteiger partial charge in [0, 0.05) is 32.8 Å². The van der Waals surface area contributed by atoms with Crippen LogP contribution in [0.1, 0.15) is 53.0 Å². The van der Waals surface area contributed by atoms with Gasteiger partial charge >= 0.3 is 0 Å². The Labute approximate surface area is 249 Å². The van der Waals surface area contributed by atoms with Crippen molar-refractivity contribution in [1.29, 1.82) is 5.26 Å². The van der Waals surface area contributed by atoms with Crippen LogP contribution in [0.3, 0.4) is 0 Å². The smallest absolute Gasteiger partial charge is 0.161 e.